The van der Waals surface area contributed by atoms with Crippen molar-refractivity contribution in [1.82, 2.24) is 0 Å². The quantitative estimate of drug-likeness (QED) is 0.311. The first kappa shape index (κ1) is 25.4. The van der Waals surface area contributed by atoms with Crippen LogP contribution in [0.15, 0.2) is 11.6 Å². The van der Waals surface area contributed by atoms with Crippen LogP contribution >= 0.6 is 0 Å². The molecule has 4 aliphatic rings. The van der Waals surface area contributed by atoms with E-state index in [9.17, 15) is 4.79 Å². The van der Waals surface area contributed by atoms with Gasteiger partial charge in [-0.05, 0) is 115 Å². The van der Waals surface area contributed by atoms with Gasteiger partial charge in [-0.25, -0.2) is 0 Å². The molecule has 0 heterocycles. The van der Waals surface area contributed by atoms with E-state index < -0.39 is 16.6 Å². The summed E-state index contributed by atoms with van der Waals surface area (Å²) < 4.78 is 13.6. The normalized spacial score (nSPS) is 40.8. The maximum atomic E-state index is 12.4. The first-order chi connectivity index (χ1) is 15.3. The Morgan fingerprint density at radius 3 is 2.30 bits per heavy atom. The van der Waals surface area contributed by atoms with Gasteiger partial charge in [0.1, 0.15) is 5.60 Å². The fourth-order valence-corrected chi connectivity index (χ4v) is 10.2. The maximum absolute atomic E-state index is 12.4. The molecule has 0 radical (unpaired) electrons. The average Bonchev–Trinajstić information content (AvgIpc) is 2.97. The van der Waals surface area contributed by atoms with E-state index in [-0.39, 0.29) is 16.4 Å². The van der Waals surface area contributed by atoms with Crippen molar-refractivity contribution in [2.45, 2.75) is 110 Å². The lowest BCUT2D eigenvalue weighted by molar-refractivity contribution is -0.121. The Morgan fingerprint density at radius 2 is 1.67 bits per heavy atom. The van der Waals surface area contributed by atoms with Gasteiger partial charge >= 0.3 is 0 Å². The first-order valence-corrected chi connectivity index (χ1v) is 20.1. The van der Waals surface area contributed by atoms with Gasteiger partial charge in [0.2, 0.25) is 0 Å². The van der Waals surface area contributed by atoms with Crippen LogP contribution in [-0.2, 0) is 13.6 Å². The molecular formula is C28H46O3Si2. The molecule has 0 aromatic heterocycles. The lowest BCUT2D eigenvalue weighted by Gasteiger charge is -2.60. The van der Waals surface area contributed by atoms with E-state index in [1.807, 2.05) is 13.0 Å². The van der Waals surface area contributed by atoms with Gasteiger partial charge in [-0.3, -0.25) is 4.79 Å². The molecule has 0 N–H and O–H groups in total. The minimum Gasteiger partial charge on any atom is -0.417 e. The summed E-state index contributed by atoms with van der Waals surface area (Å²) in [6, 6.07) is 0. The molecule has 0 amide bonds. The number of rotatable bonds is 5. The third kappa shape index (κ3) is 4.39. The fraction of sp³-hybridized carbons (Fsp3) is 0.821. The summed E-state index contributed by atoms with van der Waals surface area (Å²) in [6.45, 7) is 19.1. The Labute approximate surface area is 204 Å². The number of ketones is 1. The molecule has 184 valence electrons. The Hall–Kier alpha value is -0.676. The Morgan fingerprint density at radius 1 is 0.970 bits per heavy atom. The van der Waals surface area contributed by atoms with E-state index in [2.05, 4.69) is 58.0 Å². The van der Waals surface area contributed by atoms with Crippen LogP contribution in [-0.4, -0.2) is 34.6 Å². The third-order valence-corrected chi connectivity index (χ3v) is 11.3. The van der Waals surface area contributed by atoms with E-state index in [1.165, 1.54) is 31.3 Å². The SMILES string of the molecule is CC#C[C@]1(O[Si](C)(C)C)CC[C@H]2[C@@H]3CCC4=CC(=O)CC[C@]4(CO[Si](C)(C)C)[C@H]3CC[C@@]21C. The number of carbonyl (C=O) groups excluding carboxylic acids is 1. The number of hydrogen-bond acceptors (Lipinski definition) is 3. The van der Waals surface area contributed by atoms with Gasteiger partial charge in [-0.2, -0.15) is 0 Å². The molecule has 6 atom stereocenters. The van der Waals surface area contributed by atoms with Crippen LogP contribution in [0.2, 0.25) is 39.3 Å². The van der Waals surface area contributed by atoms with Crippen molar-refractivity contribution in [2.24, 2.45) is 28.6 Å². The predicted octanol–water partition coefficient (Wildman–Crippen LogP) is 6.96. The van der Waals surface area contributed by atoms with Crippen molar-refractivity contribution < 1.29 is 13.6 Å². The van der Waals surface area contributed by atoms with Crippen molar-refractivity contribution in [1.29, 1.82) is 0 Å². The van der Waals surface area contributed by atoms with Crippen LogP contribution in [0.4, 0.5) is 0 Å². The van der Waals surface area contributed by atoms with Crippen LogP contribution in [0.25, 0.3) is 0 Å². The molecule has 3 fully saturated rings. The highest BCUT2D eigenvalue weighted by molar-refractivity contribution is 6.70. The molecule has 0 aromatic rings. The van der Waals surface area contributed by atoms with Crippen LogP contribution < -0.4 is 0 Å². The van der Waals surface area contributed by atoms with E-state index in [0.29, 0.717) is 30.0 Å². The second kappa shape index (κ2) is 8.47. The molecule has 3 nitrogen and oxygen atoms in total. The monoisotopic (exact) mass is 486 g/mol. The summed E-state index contributed by atoms with van der Waals surface area (Å²) in [5.41, 5.74) is 1.31. The predicted molar refractivity (Wildman–Crippen MR) is 141 cm³/mol. The third-order valence-electron chi connectivity index (χ3n) is 9.38. The molecule has 0 saturated heterocycles. The van der Waals surface area contributed by atoms with Crippen LogP contribution in [0.1, 0.15) is 65.2 Å². The van der Waals surface area contributed by atoms with Crippen molar-refractivity contribution >= 4 is 22.4 Å². The second-order valence-electron chi connectivity index (χ2n) is 13.5. The average molecular weight is 487 g/mol. The van der Waals surface area contributed by atoms with Gasteiger partial charge in [0, 0.05) is 23.9 Å². The van der Waals surface area contributed by atoms with E-state index in [0.717, 1.165) is 25.9 Å². The summed E-state index contributed by atoms with van der Waals surface area (Å²) in [7, 11) is -3.39. The highest BCUT2D eigenvalue weighted by Crippen LogP contribution is 2.68. The van der Waals surface area contributed by atoms with Gasteiger partial charge in [0.15, 0.2) is 22.4 Å². The molecular weight excluding hydrogens is 440 g/mol. The molecule has 4 aliphatic carbocycles. The van der Waals surface area contributed by atoms with Gasteiger partial charge in [-0.1, -0.05) is 18.4 Å². The standard InChI is InChI=1S/C28H46O3Si2/c1-9-15-28(31-33(6,7)8)18-14-24-23-11-10-21-19-22(29)12-17-27(21,20-30-32(3,4)5)25(23)13-16-26(24,28)2/h19,23-25H,10-14,16-18,20H2,1-8H3/t23-,24-,25-,26-,27+,28-/m0/s1. The van der Waals surface area contributed by atoms with Crippen molar-refractivity contribution in [3.63, 3.8) is 0 Å². The minimum atomic E-state index is -1.75. The Bertz CT molecular complexity index is 886. The van der Waals surface area contributed by atoms with Crippen molar-refractivity contribution in [2.75, 3.05) is 6.61 Å². The highest BCUT2D eigenvalue weighted by Gasteiger charge is 2.66. The second-order valence-corrected chi connectivity index (χ2v) is 22.5. The molecule has 0 spiro atoms. The number of carbonyl (C=O) groups is 1. The zero-order chi connectivity index (χ0) is 24.3. The number of fused-ring (bicyclic) bond motifs is 5. The summed E-state index contributed by atoms with van der Waals surface area (Å²) in [6.07, 6.45) is 10.6. The number of hydrogen-bond donors (Lipinski definition) is 0. The van der Waals surface area contributed by atoms with Gasteiger partial charge < -0.3 is 8.85 Å². The molecule has 5 heteroatoms. The van der Waals surface area contributed by atoms with E-state index in [1.54, 1.807) is 0 Å². The zero-order valence-electron chi connectivity index (χ0n) is 22.4. The van der Waals surface area contributed by atoms with Gasteiger partial charge in [0.25, 0.3) is 0 Å². The molecule has 4 rings (SSSR count). The van der Waals surface area contributed by atoms with E-state index >= 15 is 0 Å². The first-order valence-electron chi connectivity index (χ1n) is 13.3. The van der Waals surface area contributed by atoms with Crippen molar-refractivity contribution in [3.8, 4) is 11.8 Å². The van der Waals surface area contributed by atoms with Crippen LogP contribution in [0.3, 0.4) is 0 Å². The smallest absolute Gasteiger partial charge is 0.185 e. The van der Waals surface area contributed by atoms with E-state index in [4.69, 9.17) is 8.85 Å². The molecule has 0 aliphatic heterocycles. The molecule has 33 heavy (non-hydrogen) atoms. The lowest BCUT2D eigenvalue weighted by atomic mass is 9.46. The minimum absolute atomic E-state index is 0.0692. The van der Waals surface area contributed by atoms with Gasteiger partial charge in [0.05, 0.1) is 0 Å². The molecule has 0 aromatic carbocycles. The van der Waals surface area contributed by atoms with Gasteiger partial charge in [-0.15, -0.1) is 5.92 Å². The zero-order valence-corrected chi connectivity index (χ0v) is 24.4. The lowest BCUT2D eigenvalue weighted by Crippen LogP contribution is -2.58. The van der Waals surface area contributed by atoms with Crippen LogP contribution in [0.5, 0.6) is 0 Å². The maximum Gasteiger partial charge on any atom is 0.185 e. The summed E-state index contributed by atoms with van der Waals surface area (Å²) in [5, 5.41) is 0. The molecule has 0 bridgehead atoms. The summed E-state index contributed by atoms with van der Waals surface area (Å²) in [4.78, 5) is 12.4. The Balaban J connectivity index is 1.71. The Kier molecular flexibility index (Phi) is 6.52. The summed E-state index contributed by atoms with van der Waals surface area (Å²) in [5.74, 6) is 9.22. The highest BCUT2D eigenvalue weighted by atomic mass is 28.4. The molecule has 3 saturated carbocycles. The largest absolute Gasteiger partial charge is 0.417 e. The fourth-order valence-electron chi connectivity index (χ4n) is 8.10. The topological polar surface area (TPSA) is 35.5 Å². The molecule has 0 unspecified atom stereocenters. The van der Waals surface area contributed by atoms with Crippen molar-refractivity contribution in [3.05, 3.63) is 11.6 Å². The summed E-state index contributed by atoms with van der Waals surface area (Å²) >= 11 is 0. The van der Waals surface area contributed by atoms with Crippen LogP contribution in [0, 0.1) is 40.4 Å².